The third-order valence-electron chi connectivity index (χ3n) is 4.27. The Morgan fingerprint density at radius 2 is 2.10 bits per heavy atom. The number of likely N-dealkylation sites (N-methyl/N-ethyl adjacent to an activating group) is 1. The maximum atomic E-state index is 14.0. The molecule has 0 aromatic heterocycles. The van der Waals surface area contributed by atoms with Crippen LogP contribution in [0.4, 0.5) is 8.78 Å². The van der Waals surface area contributed by atoms with E-state index in [1.54, 1.807) is 0 Å². The molecule has 1 heterocycles. The van der Waals surface area contributed by atoms with E-state index in [4.69, 9.17) is 5.73 Å². The average molecular weight is 283 g/mol. The molecule has 0 saturated carbocycles. The average Bonchev–Trinajstić information content (AvgIpc) is 2.43. The summed E-state index contributed by atoms with van der Waals surface area (Å²) in [4.78, 5) is 4.54. The van der Waals surface area contributed by atoms with Crippen molar-refractivity contribution in [3.8, 4) is 0 Å². The van der Waals surface area contributed by atoms with Gasteiger partial charge in [0.05, 0.1) is 6.04 Å². The van der Waals surface area contributed by atoms with Crippen molar-refractivity contribution in [3.05, 3.63) is 35.4 Å². The summed E-state index contributed by atoms with van der Waals surface area (Å²) in [6.07, 6.45) is 1.05. The molecular formula is C15H23F2N3. The number of nitrogens with two attached hydrogens (primary N) is 1. The first-order valence-electron chi connectivity index (χ1n) is 7.16. The first kappa shape index (κ1) is 15.4. The highest BCUT2D eigenvalue weighted by atomic mass is 19.1. The Labute approximate surface area is 119 Å². The summed E-state index contributed by atoms with van der Waals surface area (Å²) in [5.74, 6) is -1.06. The molecule has 0 amide bonds. The smallest absolute Gasteiger partial charge is 0.130 e. The zero-order valence-electron chi connectivity index (χ0n) is 12.1. The SMILES string of the molecule is CCC1CN(C(CN)c2ccc(F)cc2F)CCN1C. The van der Waals surface area contributed by atoms with E-state index in [1.807, 2.05) is 0 Å². The predicted molar refractivity (Wildman–Crippen MR) is 76.4 cm³/mol. The monoisotopic (exact) mass is 283 g/mol. The lowest BCUT2D eigenvalue weighted by atomic mass is 10.0. The van der Waals surface area contributed by atoms with E-state index in [2.05, 4.69) is 23.8 Å². The lowest BCUT2D eigenvalue weighted by molar-refractivity contribution is 0.0632. The quantitative estimate of drug-likeness (QED) is 0.917. The number of piperazine rings is 1. The van der Waals surface area contributed by atoms with Crippen molar-refractivity contribution >= 4 is 0 Å². The lowest BCUT2D eigenvalue weighted by Gasteiger charge is -2.42. The van der Waals surface area contributed by atoms with E-state index in [-0.39, 0.29) is 6.04 Å². The molecule has 5 heteroatoms. The van der Waals surface area contributed by atoms with E-state index in [0.717, 1.165) is 32.1 Å². The van der Waals surface area contributed by atoms with Gasteiger partial charge < -0.3 is 10.6 Å². The number of hydrogen-bond donors (Lipinski definition) is 1. The summed E-state index contributed by atoms with van der Waals surface area (Å²) in [7, 11) is 2.11. The molecule has 2 atom stereocenters. The number of rotatable bonds is 4. The molecule has 1 aromatic rings. The molecule has 3 nitrogen and oxygen atoms in total. The molecule has 1 saturated heterocycles. The number of benzene rings is 1. The van der Waals surface area contributed by atoms with Crippen molar-refractivity contribution in [2.24, 2.45) is 5.73 Å². The Balaban J connectivity index is 2.19. The van der Waals surface area contributed by atoms with Gasteiger partial charge in [-0.05, 0) is 19.5 Å². The highest BCUT2D eigenvalue weighted by Crippen LogP contribution is 2.26. The van der Waals surface area contributed by atoms with Crippen LogP contribution < -0.4 is 5.73 Å². The molecule has 0 spiro atoms. The minimum atomic E-state index is -0.549. The molecule has 2 unspecified atom stereocenters. The minimum absolute atomic E-state index is 0.182. The first-order valence-corrected chi connectivity index (χ1v) is 7.16. The topological polar surface area (TPSA) is 32.5 Å². The van der Waals surface area contributed by atoms with Gasteiger partial charge >= 0.3 is 0 Å². The van der Waals surface area contributed by atoms with Crippen LogP contribution in [0.5, 0.6) is 0 Å². The Kier molecular flexibility index (Phi) is 5.07. The van der Waals surface area contributed by atoms with Gasteiger partial charge in [-0.1, -0.05) is 13.0 Å². The Morgan fingerprint density at radius 3 is 2.70 bits per heavy atom. The molecule has 1 aliphatic rings. The van der Waals surface area contributed by atoms with Gasteiger partial charge in [0.2, 0.25) is 0 Å². The number of halogens is 2. The maximum absolute atomic E-state index is 14.0. The van der Waals surface area contributed by atoms with Gasteiger partial charge in [0.15, 0.2) is 0 Å². The fraction of sp³-hybridized carbons (Fsp3) is 0.600. The van der Waals surface area contributed by atoms with Gasteiger partial charge in [-0.15, -0.1) is 0 Å². The van der Waals surface area contributed by atoms with Crippen LogP contribution in [-0.2, 0) is 0 Å². The van der Waals surface area contributed by atoms with Crippen molar-refractivity contribution in [2.45, 2.75) is 25.4 Å². The Morgan fingerprint density at radius 1 is 1.35 bits per heavy atom. The van der Waals surface area contributed by atoms with E-state index in [9.17, 15) is 8.78 Å². The van der Waals surface area contributed by atoms with Crippen molar-refractivity contribution < 1.29 is 8.78 Å². The second-order valence-electron chi connectivity index (χ2n) is 5.45. The molecule has 112 valence electrons. The molecule has 1 aliphatic heterocycles. The highest BCUT2D eigenvalue weighted by Gasteiger charge is 2.29. The van der Waals surface area contributed by atoms with Crippen LogP contribution >= 0.6 is 0 Å². The van der Waals surface area contributed by atoms with Crippen LogP contribution in [-0.4, -0.2) is 49.1 Å². The van der Waals surface area contributed by atoms with E-state index in [0.29, 0.717) is 18.2 Å². The number of nitrogens with zero attached hydrogens (tertiary/aromatic N) is 2. The summed E-state index contributed by atoms with van der Waals surface area (Å²) in [6, 6.07) is 4.03. The minimum Gasteiger partial charge on any atom is -0.329 e. The normalized spacial score (nSPS) is 22.9. The second kappa shape index (κ2) is 6.61. The second-order valence-corrected chi connectivity index (χ2v) is 5.45. The zero-order chi connectivity index (χ0) is 14.7. The third-order valence-corrected chi connectivity index (χ3v) is 4.27. The third kappa shape index (κ3) is 3.16. The van der Waals surface area contributed by atoms with E-state index >= 15 is 0 Å². The molecule has 2 rings (SSSR count). The van der Waals surface area contributed by atoms with Crippen molar-refractivity contribution in [3.63, 3.8) is 0 Å². The van der Waals surface area contributed by atoms with Gasteiger partial charge in [0, 0.05) is 43.9 Å². The van der Waals surface area contributed by atoms with Crippen molar-refractivity contribution in [1.29, 1.82) is 0 Å². The van der Waals surface area contributed by atoms with Crippen molar-refractivity contribution in [1.82, 2.24) is 9.80 Å². The van der Waals surface area contributed by atoms with Gasteiger partial charge in [-0.2, -0.15) is 0 Å². The summed E-state index contributed by atoms with van der Waals surface area (Å²) in [6.45, 7) is 5.15. The summed E-state index contributed by atoms with van der Waals surface area (Å²) < 4.78 is 27.0. The van der Waals surface area contributed by atoms with Gasteiger partial charge in [-0.3, -0.25) is 4.90 Å². The molecule has 2 N–H and O–H groups in total. The van der Waals surface area contributed by atoms with Crippen molar-refractivity contribution in [2.75, 3.05) is 33.2 Å². The van der Waals surface area contributed by atoms with Gasteiger partial charge in [0.1, 0.15) is 11.6 Å². The van der Waals surface area contributed by atoms with Gasteiger partial charge in [0.25, 0.3) is 0 Å². The molecule has 0 radical (unpaired) electrons. The Bertz CT molecular complexity index is 453. The van der Waals surface area contributed by atoms with Crippen LogP contribution in [0, 0.1) is 11.6 Å². The number of hydrogen-bond acceptors (Lipinski definition) is 3. The molecule has 20 heavy (non-hydrogen) atoms. The van der Waals surface area contributed by atoms with Crippen LogP contribution in [0.3, 0.4) is 0 Å². The molecule has 0 aliphatic carbocycles. The molecular weight excluding hydrogens is 260 g/mol. The fourth-order valence-electron chi connectivity index (χ4n) is 2.94. The zero-order valence-corrected chi connectivity index (χ0v) is 12.1. The van der Waals surface area contributed by atoms with E-state index < -0.39 is 11.6 Å². The van der Waals surface area contributed by atoms with Crippen LogP contribution in [0.1, 0.15) is 24.9 Å². The molecule has 0 bridgehead atoms. The van der Waals surface area contributed by atoms with Crippen LogP contribution in [0.2, 0.25) is 0 Å². The maximum Gasteiger partial charge on any atom is 0.130 e. The lowest BCUT2D eigenvalue weighted by Crippen LogP contribution is -2.53. The highest BCUT2D eigenvalue weighted by molar-refractivity contribution is 5.23. The van der Waals surface area contributed by atoms with Crippen LogP contribution in [0.15, 0.2) is 18.2 Å². The molecule has 1 fully saturated rings. The van der Waals surface area contributed by atoms with Crippen LogP contribution in [0.25, 0.3) is 0 Å². The Hall–Kier alpha value is -1.04. The standard InChI is InChI=1S/C15H23F2N3/c1-3-12-10-20(7-6-19(12)2)15(9-18)13-5-4-11(16)8-14(13)17/h4-5,8,12,15H,3,6-7,9-10,18H2,1-2H3. The predicted octanol–water partition coefficient (Wildman–Crippen LogP) is 1.99. The largest absolute Gasteiger partial charge is 0.329 e. The first-order chi connectivity index (χ1) is 9.56. The molecule has 1 aromatic carbocycles. The summed E-state index contributed by atoms with van der Waals surface area (Å²) in [5, 5.41) is 0. The van der Waals surface area contributed by atoms with E-state index in [1.165, 1.54) is 12.1 Å². The summed E-state index contributed by atoms with van der Waals surface area (Å²) >= 11 is 0. The van der Waals surface area contributed by atoms with Gasteiger partial charge in [-0.25, -0.2) is 8.78 Å². The summed E-state index contributed by atoms with van der Waals surface area (Å²) in [5.41, 5.74) is 6.34. The fourth-order valence-corrected chi connectivity index (χ4v) is 2.94.